The maximum Gasteiger partial charge on any atom is 0.118 e. The molecule has 1 N–H and O–H groups in total. The minimum Gasteiger partial charge on any atom is -0.383 e. The molecule has 0 amide bonds. The Morgan fingerprint density at radius 1 is 1.33 bits per heavy atom. The third-order valence-corrected chi connectivity index (χ3v) is 4.77. The second kappa shape index (κ2) is 4.76. The minimum absolute atomic E-state index is 0.623. The zero-order valence-corrected chi connectivity index (χ0v) is 11.5. The van der Waals surface area contributed by atoms with Gasteiger partial charge >= 0.3 is 0 Å². The standard InChI is InChI=1S/C13H12N2OS2/c1-2-10-13(18-15-14-10)11(16)9-5-3-4-8-6-7-17-12(8)9/h3-7,11,16H,2H2,1H3. The fourth-order valence-corrected chi connectivity index (χ4v) is 3.72. The van der Waals surface area contributed by atoms with Crippen molar-refractivity contribution in [2.75, 3.05) is 0 Å². The summed E-state index contributed by atoms with van der Waals surface area (Å²) in [6, 6.07) is 8.09. The highest BCUT2D eigenvalue weighted by atomic mass is 32.1. The molecule has 0 saturated carbocycles. The Morgan fingerprint density at radius 3 is 3.06 bits per heavy atom. The monoisotopic (exact) mass is 276 g/mol. The lowest BCUT2D eigenvalue weighted by Crippen LogP contribution is -2.00. The molecule has 1 unspecified atom stereocenters. The summed E-state index contributed by atoms with van der Waals surface area (Å²) in [5, 5.41) is 17.8. The first-order valence-electron chi connectivity index (χ1n) is 5.76. The van der Waals surface area contributed by atoms with Crippen molar-refractivity contribution in [2.24, 2.45) is 0 Å². The van der Waals surface area contributed by atoms with Crippen LogP contribution in [-0.2, 0) is 6.42 Å². The summed E-state index contributed by atoms with van der Waals surface area (Å²) in [6.07, 6.45) is 0.172. The van der Waals surface area contributed by atoms with E-state index in [2.05, 4.69) is 21.7 Å². The molecule has 2 heterocycles. The topological polar surface area (TPSA) is 46.0 Å². The molecule has 1 atom stereocenters. The van der Waals surface area contributed by atoms with Crippen molar-refractivity contribution in [3.63, 3.8) is 0 Å². The second-order valence-corrected chi connectivity index (χ2v) is 5.73. The fourth-order valence-electron chi connectivity index (χ4n) is 2.04. The Kier molecular flexibility index (Phi) is 3.11. The number of benzene rings is 1. The largest absolute Gasteiger partial charge is 0.383 e. The average Bonchev–Trinajstić information content (AvgIpc) is 3.05. The van der Waals surface area contributed by atoms with Crippen molar-refractivity contribution >= 4 is 33.0 Å². The number of aryl methyl sites for hydroxylation is 1. The lowest BCUT2D eigenvalue weighted by molar-refractivity contribution is 0.224. The van der Waals surface area contributed by atoms with E-state index in [9.17, 15) is 5.11 Å². The van der Waals surface area contributed by atoms with Gasteiger partial charge in [0.2, 0.25) is 0 Å². The normalized spacial score (nSPS) is 13.0. The summed E-state index contributed by atoms with van der Waals surface area (Å²) in [5.41, 5.74) is 1.84. The predicted octanol–water partition coefficient (Wildman–Crippen LogP) is 3.40. The van der Waals surface area contributed by atoms with E-state index in [1.165, 1.54) is 16.9 Å². The summed E-state index contributed by atoms with van der Waals surface area (Å²) < 4.78 is 5.08. The number of nitrogens with zero attached hydrogens (tertiary/aromatic N) is 2. The predicted molar refractivity (Wildman–Crippen MR) is 75.2 cm³/mol. The zero-order chi connectivity index (χ0) is 12.5. The third-order valence-electron chi connectivity index (χ3n) is 2.97. The Hall–Kier alpha value is -1.30. The van der Waals surface area contributed by atoms with Gasteiger partial charge in [0.25, 0.3) is 0 Å². The fraction of sp³-hybridized carbons (Fsp3) is 0.231. The van der Waals surface area contributed by atoms with Gasteiger partial charge in [0.15, 0.2) is 0 Å². The van der Waals surface area contributed by atoms with Crippen LogP contribution in [0.5, 0.6) is 0 Å². The van der Waals surface area contributed by atoms with Crippen molar-refractivity contribution < 1.29 is 5.11 Å². The van der Waals surface area contributed by atoms with E-state index < -0.39 is 6.10 Å². The van der Waals surface area contributed by atoms with Crippen molar-refractivity contribution in [3.05, 3.63) is 45.8 Å². The van der Waals surface area contributed by atoms with E-state index in [4.69, 9.17) is 0 Å². The van der Waals surface area contributed by atoms with Gasteiger partial charge in [0, 0.05) is 10.3 Å². The number of fused-ring (bicyclic) bond motifs is 1. The van der Waals surface area contributed by atoms with Gasteiger partial charge in [0.1, 0.15) is 6.10 Å². The Morgan fingerprint density at radius 2 is 2.22 bits per heavy atom. The van der Waals surface area contributed by atoms with Gasteiger partial charge in [0.05, 0.1) is 10.6 Å². The van der Waals surface area contributed by atoms with Crippen LogP contribution >= 0.6 is 22.9 Å². The number of aliphatic hydroxyl groups is 1. The Balaban J connectivity index is 2.12. The summed E-state index contributed by atoms with van der Waals surface area (Å²) in [5.74, 6) is 0. The van der Waals surface area contributed by atoms with Crippen molar-refractivity contribution in [3.8, 4) is 0 Å². The van der Waals surface area contributed by atoms with Crippen LogP contribution in [0.3, 0.4) is 0 Å². The molecule has 0 spiro atoms. The van der Waals surface area contributed by atoms with Crippen LogP contribution in [0, 0.1) is 0 Å². The zero-order valence-electron chi connectivity index (χ0n) is 9.83. The molecule has 5 heteroatoms. The van der Waals surface area contributed by atoms with E-state index in [0.717, 1.165) is 27.3 Å². The average molecular weight is 276 g/mol. The second-order valence-electron chi connectivity index (χ2n) is 4.03. The van der Waals surface area contributed by atoms with Crippen molar-refractivity contribution in [1.82, 2.24) is 9.59 Å². The summed E-state index contributed by atoms with van der Waals surface area (Å²) >= 11 is 2.94. The van der Waals surface area contributed by atoms with E-state index >= 15 is 0 Å². The quantitative estimate of drug-likeness (QED) is 0.797. The van der Waals surface area contributed by atoms with Gasteiger partial charge in [-0.25, -0.2) is 0 Å². The highest BCUT2D eigenvalue weighted by molar-refractivity contribution is 7.17. The van der Waals surface area contributed by atoms with Gasteiger partial charge in [-0.15, -0.1) is 16.4 Å². The Bertz CT molecular complexity index is 674. The van der Waals surface area contributed by atoms with Crippen molar-refractivity contribution in [2.45, 2.75) is 19.4 Å². The number of thiophene rings is 1. The molecule has 3 nitrogen and oxygen atoms in total. The van der Waals surface area contributed by atoms with E-state index in [1.807, 2.05) is 24.4 Å². The molecule has 0 bridgehead atoms. The SMILES string of the molecule is CCc1nnsc1C(O)c1cccc2ccsc12. The molecule has 0 fully saturated rings. The molecule has 92 valence electrons. The van der Waals surface area contributed by atoms with Crippen LogP contribution in [0.25, 0.3) is 10.1 Å². The summed E-state index contributed by atoms with van der Waals surface area (Å²) in [6.45, 7) is 2.03. The molecule has 3 aromatic rings. The first kappa shape index (κ1) is 11.8. The number of aromatic nitrogens is 2. The molecule has 0 aliphatic heterocycles. The molecule has 0 saturated heterocycles. The molecule has 3 rings (SSSR count). The van der Waals surface area contributed by atoms with E-state index in [0.29, 0.717) is 0 Å². The first-order valence-corrected chi connectivity index (χ1v) is 7.42. The molecule has 1 aromatic carbocycles. The smallest absolute Gasteiger partial charge is 0.118 e. The van der Waals surface area contributed by atoms with Crippen LogP contribution in [0.4, 0.5) is 0 Å². The molecular formula is C13H12N2OS2. The highest BCUT2D eigenvalue weighted by Crippen LogP contribution is 2.34. The first-order chi connectivity index (χ1) is 8.81. The maximum atomic E-state index is 10.5. The van der Waals surface area contributed by atoms with Crippen LogP contribution in [-0.4, -0.2) is 14.7 Å². The van der Waals surface area contributed by atoms with Gasteiger partial charge in [-0.3, -0.25) is 0 Å². The Labute approximate surface area is 113 Å². The number of aliphatic hydroxyl groups excluding tert-OH is 1. The summed E-state index contributed by atoms with van der Waals surface area (Å²) in [7, 11) is 0. The lowest BCUT2D eigenvalue weighted by Gasteiger charge is -2.10. The van der Waals surface area contributed by atoms with E-state index in [1.54, 1.807) is 11.3 Å². The molecule has 18 heavy (non-hydrogen) atoms. The molecule has 0 aliphatic rings. The number of hydrogen-bond donors (Lipinski definition) is 1. The highest BCUT2D eigenvalue weighted by Gasteiger charge is 2.20. The molecule has 0 aliphatic carbocycles. The van der Waals surface area contributed by atoms with Gasteiger partial charge in [-0.1, -0.05) is 29.6 Å². The van der Waals surface area contributed by atoms with Gasteiger partial charge in [-0.2, -0.15) is 0 Å². The van der Waals surface area contributed by atoms with Gasteiger partial charge in [-0.05, 0) is 34.8 Å². The van der Waals surface area contributed by atoms with Crippen LogP contribution in [0.1, 0.15) is 29.2 Å². The lowest BCUT2D eigenvalue weighted by atomic mass is 10.0. The number of rotatable bonds is 3. The molecular weight excluding hydrogens is 264 g/mol. The van der Waals surface area contributed by atoms with Crippen LogP contribution in [0.15, 0.2) is 29.6 Å². The van der Waals surface area contributed by atoms with Crippen molar-refractivity contribution in [1.29, 1.82) is 0 Å². The minimum atomic E-state index is -0.623. The van der Waals surface area contributed by atoms with E-state index in [-0.39, 0.29) is 0 Å². The van der Waals surface area contributed by atoms with Crippen LogP contribution < -0.4 is 0 Å². The molecule has 2 aromatic heterocycles. The third kappa shape index (κ3) is 1.84. The van der Waals surface area contributed by atoms with Crippen LogP contribution in [0.2, 0.25) is 0 Å². The molecule has 0 radical (unpaired) electrons. The number of hydrogen-bond acceptors (Lipinski definition) is 5. The maximum absolute atomic E-state index is 10.5. The summed E-state index contributed by atoms with van der Waals surface area (Å²) in [4.78, 5) is 0.860. The van der Waals surface area contributed by atoms with Gasteiger partial charge < -0.3 is 5.11 Å².